The Morgan fingerprint density at radius 1 is 0.842 bits per heavy atom. The van der Waals surface area contributed by atoms with Gasteiger partial charge in [0.15, 0.2) is 0 Å². The van der Waals surface area contributed by atoms with Crippen LogP contribution in [0.2, 0.25) is 0 Å². The van der Waals surface area contributed by atoms with E-state index in [9.17, 15) is 0 Å². The fourth-order valence-corrected chi connectivity index (χ4v) is 3.47. The van der Waals surface area contributed by atoms with Gasteiger partial charge in [-0.25, -0.2) is 0 Å². The molecule has 1 saturated carbocycles. The Morgan fingerprint density at radius 2 is 1.37 bits per heavy atom. The second kappa shape index (κ2) is 5.05. The number of rotatable bonds is 3. The van der Waals surface area contributed by atoms with Crippen LogP contribution in [0.25, 0.3) is 0 Å². The van der Waals surface area contributed by atoms with Gasteiger partial charge in [-0.3, -0.25) is 0 Å². The van der Waals surface area contributed by atoms with Gasteiger partial charge >= 0.3 is 0 Å². The van der Waals surface area contributed by atoms with E-state index < -0.39 is 0 Å². The molecule has 0 nitrogen and oxygen atoms in total. The van der Waals surface area contributed by atoms with Crippen LogP contribution in [0.1, 0.15) is 30.4 Å². The highest BCUT2D eigenvalue weighted by Crippen LogP contribution is 2.52. The monoisotopic (exact) mass is 247 g/mol. The molecule has 1 radical (unpaired) electrons. The Balaban J connectivity index is 2.19. The number of hydrogen-bond acceptors (Lipinski definition) is 0. The van der Waals surface area contributed by atoms with Gasteiger partial charge in [0.2, 0.25) is 0 Å². The zero-order valence-electron chi connectivity index (χ0n) is 11.2. The van der Waals surface area contributed by atoms with Gasteiger partial charge in [0.1, 0.15) is 0 Å². The van der Waals surface area contributed by atoms with Gasteiger partial charge in [-0.2, -0.15) is 0 Å². The van der Waals surface area contributed by atoms with Crippen LogP contribution in [0.4, 0.5) is 0 Å². The minimum atomic E-state index is 0.0459. The summed E-state index contributed by atoms with van der Waals surface area (Å²) in [4.78, 5) is 0. The van der Waals surface area contributed by atoms with E-state index in [1.807, 2.05) is 0 Å². The normalized spacial score (nSPS) is 18.3. The zero-order chi connectivity index (χ0) is 13.1. The van der Waals surface area contributed by atoms with Crippen LogP contribution in [-0.4, -0.2) is 0 Å². The molecule has 0 amide bonds. The lowest BCUT2D eigenvalue weighted by Crippen LogP contribution is -2.29. The summed E-state index contributed by atoms with van der Waals surface area (Å²) in [6, 6.07) is 21.7. The second-order valence-electron chi connectivity index (χ2n) is 5.22. The molecule has 0 heterocycles. The summed E-state index contributed by atoms with van der Waals surface area (Å²) in [5, 5.41) is 0. The Labute approximate surface area is 115 Å². The highest BCUT2D eigenvalue weighted by Gasteiger charge is 2.44. The van der Waals surface area contributed by atoms with Gasteiger partial charge in [-0.15, -0.1) is 6.58 Å². The summed E-state index contributed by atoms with van der Waals surface area (Å²) in [5.74, 6) is 1.46. The van der Waals surface area contributed by atoms with Crippen molar-refractivity contribution in [2.24, 2.45) is 0 Å². The van der Waals surface area contributed by atoms with Gasteiger partial charge < -0.3 is 0 Å². The second-order valence-corrected chi connectivity index (χ2v) is 5.22. The van der Waals surface area contributed by atoms with E-state index in [1.54, 1.807) is 0 Å². The maximum absolute atomic E-state index is 4.05. The Bertz CT molecular complexity index is 499. The molecular weight excluding hydrogens is 228 g/mol. The van der Waals surface area contributed by atoms with Crippen molar-refractivity contribution in [3.8, 4) is 0 Å². The van der Waals surface area contributed by atoms with E-state index in [0.29, 0.717) is 0 Å². The van der Waals surface area contributed by atoms with Crippen molar-refractivity contribution in [3.05, 3.63) is 90.4 Å². The molecule has 1 aliphatic carbocycles. The van der Waals surface area contributed by atoms with Crippen LogP contribution >= 0.6 is 0 Å². The number of benzene rings is 2. The highest BCUT2D eigenvalue weighted by molar-refractivity contribution is 5.50. The predicted molar refractivity (Wildman–Crippen MR) is 81.0 cm³/mol. The number of allylic oxidation sites excluding steroid dienone is 1. The minimum absolute atomic E-state index is 0.0459. The first-order valence-corrected chi connectivity index (χ1v) is 6.98. The standard InChI is InChI=1S/C19H19/c1-2-16-14-9-15-19(16,17-10-5-3-6-11-17)18-12-7-4-8-13-18/h2-8,10-13H,1,9,14-15H2. The molecule has 3 rings (SSSR count). The molecule has 0 N–H and O–H groups in total. The third-order valence-corrected chi connectivity index (χ3v) is 4.33. The number of hydrogen-bond donors (Lipinski definition) is 0. The van der Waals surface area contributed by atoms with Crippen molar-refractivity contribution in [1.82, 2.24) is 0 Å². The zero-order valence-corrected chi connectivity index (χ0v) is 11.2. The molecule has 0 atom stereocenters. The minimum Gasteiger partial charge on any atom is -0.102 e. The molecule has 1 fully saturated rings. The van der Waals surface area contributed by atoms with Crippen molar-refractivity contribution < 1.29 is 0 Å². The summed E-state index contributed by atoms with van der Waals surface area (Å²) < 4.78 is 0. The van der Waals surface area contributed by atoms with Gasteiger partial charge in [0, 0.05) is 11.3 Å². The molecule has 2 aromatic carbocycles. The van der Waals surface area contributed by atoms with Gasteiger partial charge in [0.25, 0.3) is 0 Å². The fourth-order valence-electron chi connectivity index (χ4n) is 3.47. The summed E-state index contributed by atoms with van der Waals surface area (Å²) in [7, 11) is 0. The van der Waals surface area contributed by atoms with Crippen LogP contribution in [0.15, 0.2) is 73.3 Å². The molecule has 19 heavy (non-hydrogen) atoms. The van der Waals surface area contributed by atoms with E-state index in [1.165, 1.54) is 29.9 Å². The third kappa shape index (κ3) is 1.92. The van der Waals surface area contributed by atoms with Crippen LogP contribution < -0.4 is 0 Å². The van der Waals surface area contributed by atoms with E-state index in [-0.39, 0.29) is 5.41 Å². The molecule has 2 aromatic rings. The van der Waals surface area contributed by atoms with Crippen molar-refractivity contribution in [2.45, 2.75) is 24.7 Å². The van der Waals surface area contributed by atoms with Gasteiger partial charge in [0.05, 0.1) is 0 Å². The molecule has 95 valence electrons. The molecule has 0 unspecified atom stereocenters. The van der Waals surface area contributed by atoms with Crippen molar-refractivity contribution in [1.29, 1.82) is 0 Å². The lowest BCUT2D eigenvalue weighted by molar-refractivity contribution is 0.584. The Morgan fingerprint density at radius 3 is 1.84 bits per heavy atom. The van der Waals surface area contributed by atoms with Gasteiger partial charge in [-0.1, -0.05) is 73.2 Å². The quantitative estimate of drug-likeness (QED) is 0.722. The van der Waals surface area contributed by atoms with Crippen LogP contribution in [0, 0.1) is 5.92 Å². The smallest absolute Gasteiger partial charge is 0.0302 e. The Kier molecular flexibility index (Phi) is 3.25. The molecule has 0 heteroatoms. The fraction of sp³-hybridized carbons (Fsp3) is 0.211. The highest BCUT2D eigenvalue weighted by atomic mass is 14.5. The molecule has 0 aliphatic heterocycles. The average molecular weight is 247 g/mol. The largest absolute Gasteiger partial charge is 0.102 e. The lowest BCUT2D eigenvalue weighted by Gasteiger charge is -2.35. The van der Waals surface area contributed by atoms with E-state index in [2.05, 4.69) is 73.3 Å². The van der Waals surface area contributed by atoms with Gasteiger partial charge in [-0.05, 0) is 24.0 Å². The van der Waals surface area contributed by atoms with Crippen LogP contribution in [0.3, 0.4) is 0 Å². The summed E-state index contributed by atoms with van der Waals surface area (Å²) in [6.07, 6.45) is 5.66. The van der Waals surface area contributed by atoms with E-state index in [4.69, 9.17) is 0 Å². The van der Waals surface area contributed by atoms with Crippen molar-refractivity contribution >= 4 is 0 Å². The first-order valence-electron chi connectivity index (χ1n) is 6.98. The molecule has 0 bridgehead atoms. The first-order chi connectivity index (χ1) is 9.38. The molecule has 1 aliphatic rings. The maximum atomic E-state index is 4.05. The van der Waals surface area contributed by atoms with Crippen LogP contribution in [-0.2, 0) is 5.41 Å². The SMILES string of the molecule is C=C[C]1CCCC1(c1ccccc1)c1ccccc1. The molecule has 0 aromatic heterocycles. The summed E-state index contributed by atoms with van der Waals surface area (Å²) >= 11 is 0. The average Bonchev–Trinajstić information content (AvgIpc) is 2.94. The molecule has 0 spiro atoms. The Hall–Kier alpha value is -1.82. The third-order valence-electron chi connectivity index (χ3n) is 4.33. The lowest BCUT2D eigenvalue weighted by atomic mass is 9.67. The predicted octanol–water partition coefficient (Wildman–Crippen LogP) is 4.92. The topological polar surface area (TPSA) is 0 Å². The van der Waals surface area contributed by atoms with E-state index in [0.717, 1.165) is 6.42 Å². The maximum Gasteiger partial charge on any atom is 0.0302 e. The van der Waals surface area contributed by atoms with Crippen molar-refractivity contribution in [2.75, 3.05) is 0 Å². The van der Waals surface area contributed by atoms with E-state index >= 15 is 0 Å². The van der Waals surface area contributed by atoms with Crippen molar-refractivity contribution in [3.63, 3.8) is 0 Å². The first kappa shape index (κ1) is 12.2. The summed E-state index contributed by atoms with van der Waals surface area (Å²) in [6.45, 7) is 4.05. The van der Waals surface area contributed by atoms with Crippen LogP contribution in [0.5, 0.6) is 0 Å². The molecular formula is C19H19. The molecule has 0 saturated heterocycles. The summed E-state index contributed by atoms with van der Waals surface area (Å²) in [5.41, 5.74) is 2.84.